The van der Waals surface area contributed by atoms with Crippen molar-refractivity contribution in [3.63, 3.8) is 0 Å². The maximum absolute atomic E-state index is 13.0. The predicted octanol–water partition coefficient (Wildman–Crippen LogP) is 16.5. The third-order valence-corrected chi connectivity index (χ3v) is 22.0. The molecule has 6 aromatic rings. The summed E-state index contributed by atoms with van der Waals surface area (Å²) < 4.78 is 28.1. The molecule has 3 heterocycles. The van der Waals surface area contributed by atoms with Gasteiger partial charge in [-0.1, -0.05) is 180 Å². The number of sulfone groups is 1. The molecule has 0 saturated carbocycles. The van der Waals surface area contributed by atoms with E-state index in [2.05, 4.69) is 220 Å². The van der Waals surface area contributed by atoms with Gasteiger partial charge in [0, 0.05) is 81.1 Å². The molecule has 0 atom stereocenters. The lowest BCUT2D eigenvalue weighted by Crippen LogP contribution is -2.34. The average molecular weight is 1410 g/mol. The first-order valence-electron chi connectivity index (χ1n) is 35.8. The van der Waals surface area contributed by atoms with Gasteiger partial charge in [-0.15, -0.1) is 19.3 Å². The van der Waals surface area contributed by atoms with E-state index in [-0.39, 0.29) is 57.0 Å². The fourth-order valence-corrected chi connectivity index (χ4v) is 14.2. The van der Waals surface area contributed by atoms with Crippen molar-refractivity contribution in [2.45, 2.75) is 196 Å². The van der Waals surface area contributed by atoms with E-state index in [9.17, 15) is 22.8 Å². The number of nitrogens with zero attached hydrogens (tertiary/aromatic N) is 3. The zero-order valence-corrected chi connectivity index (χ0v) is 64.7. The topological polar surface area (TPSA) is 205 Å². The number of ketones is 3. The molecule has 101 heavy (non-hydrogen) atoms. The van der Waals surface area contributed by atoms with Crippen molar-refractivity contribution in [3.8, 4) is 37.0 Å². The summed E-state index contributed by atoms with van der Waals surface area (Å²) in [6, 6.07) is 19.6. The molecule has 5 N–H and O–H groups in total. The van der Waals surface area contributed by atoms with Crippen molar-refractivity contribution in [1.82, 2.24) is 40.5 Å². The Morgan fingerprint density at radius 3 is 1.20 bits per heavy atom. The lowest BCUT2D eigenvalue weighted by atomic mass is 9.74. The highest BCUT2D eigenvalue weighted by Gasteiger charge is 2.31. The van der Waals surface area contributed by atoms with Crippen LogP contribution in [0, 0.1) is 53.3 Å². The molecule has 0 amide bonds. The lowest BCUT2D eigenvalue weighted by molar-refractivity contribution is 0.0976. The normalized spacial score (nSPS) is 15.8. The number of hydrogen-bond donors (Lipinski definition) is 5. The molecule has 3 aromatic carbocycles. The largest absolute Gasteiger partial charge is 0.383 e. The van der Waals surface area contributed by atoms with E-state index in [1.807, 2.05) is 11.8 Å². The first-order valence-corrected chi connectivity index (χ1v) is 39.3. The summed E-state index contributed by atoms with van der Waals surface area (Å²) in [7, 11) is -1.22. The first kappa shape index (κ1) is 80.7. The number of carbonyl (C=O) groups is 3. The summed E-state index contributed by atoms with van der Waals surface area (Å²) in [6.45, 7) is 31.6. The maximum atomic E-state index is 13.0. The minimum absolute atomic E-state index is 0.00704. The number of terminal acetylenes is 3. The number of ether oxygens (including phenoxy) is 1. The summed E-state index contributed by atoms with van der Waals surface area (Å²) in [5.41, 5.74) is 16.7. The summed E-state index contributed by atoms with van der Waals surface area (Å²) in [5, 5.41) is 7.08. The van der Waals surface area contributed by atoms with Crippen LogP contribution in [0.2, 0.25) is 0 Å². The Morgan fingerprint density at radius 2 is 0.901 bits per heavy atom. The molecular formula is C85H112N8O6S2. The molecule has 16 heteroatoms. The average Bonchev–Trinajstić information content (AvgIpc) is 1.71. The Bertz CT molecular complexity index is 4050. The Morgan fingerprint density at radius 1 is 0.554 bits per heavy atom. The zero-order chi connectivity index (χ0) is 74.0. The van der Waals surface area contributed by atoms with Gasteiger partial charge in [-0.2, -0.15) is 11.8 Å². The number of nitrogens with one attached hydrogen (secondary N) is 5. The number of unbranched alkanes of at least 4 members (excludes halogenated alkanes) is 1. The molecule has 0 bridgehead atoms. The Balaban J connectivity index is 0.000000213. The molecular weight excluding hydrogens is 1290 g/mol. The Kier molecular flexibility index (Phi) is 28.4. The van der Waals surface area contributed by atoms with E-state index < -0.39 is 9.84 Å². The molecule has 0 radical (unpaired) electrons. The van der Waals surface area contributed by atoms with Crippen LogP contribution >= 0.6 is 11.8 Å². The second kappa shape index (κ2) is 35.5. The van der Waals surface area contributed by atoms with Gasteiger partial charge < -0.3 is 30.3 Å². The molecule has 9 rings (SSSR count). The van der Waals surface area contributed by atoms with E-state index in [1.165, 1.54) is 69.4 Å². The second-order valence-corrected chi connectivity index (χ2v) is 35.4. The highest BCUT2D eigenvalue weighted by atomic mass is 32.2. The van der Waals surface area contributed by atoms with Crippen LogP contribution in [0.4, 0.5) is 0 Å². The predicted molar refractivity (Wildman–Crippen MR) is 418 cm³/mol. The SMILES string of the molecule is C#Cc1cnc(C(=O)Cc2ccc(C(C)(C)CCCCS(C)(=O)=O)cc2C2=CCC(C)(C)CC2)[nH]1.C#Cc1cnc(C(=O)Cc2ccc(C(C)(C)CNCCOC)cc2C2=CCC(C)(C)CC2)[nH]1.C#Cc1cnc(C(=O)Cc2ccc(C(C)(C)CNCCSC)cc2C2=CCC(C)(C)CC2)[nH]1. The lowest BCUT2D eigenvalue weighted by Gasteiger charge is -2.31. The third kappa shape index (κ3) is 24.0. The summed E-state index contributed by atoms with van der Waals surface area (Å²) >= 11 is 1.86. The number of Topliss-reactive ketones (excluding diaryl/α,β-unsaturated/α-hetero) is 3. The Hall–Kier alpha value is -7.62. The monoisotopic (exact) mass is 1400 g/mol. The van der Waals surface area contributed by atoms with Crippen LogP contribution in [0.25, 0.3) is 16.7 Å². The van der Waals surface area contributed by atoms with E-state index >= 15 is 0 Å². The molecule has 0 fully saturated rings. The van der Waals surface area contributed by atoms with Gasteiger partial charge in [-0.25, -0.2) is 23.4 Å². The minimum Gasteiger partial charge on any atom is -0.383 e. The summed E-state index contributed by atoms with van der Waals surface area (Å²) in [5.74, 6) is 9.56. The van der Waals surface area contributed by atoms with Crippen molar-refractivity contribution in [3.05, 3.63) is 176 Å². The van der Waals surface area contributed by atoms with Gasteiger partial charge in [-0.3, -0.25) is 14.4 Å². The van der Waals surface area contributed by atoms with Crippen molar-refractivity contribution in [2.24, 2.45) is 16.2 Å². The van der Waals surface area contributed by atoms with Crippen molar-refractivity contribution < 1.29 is 27.5 Å². The highest BCUT2D eigenvalue weighted by molar-refractivity contribution is 7.98. The number of imidazole rings is 3. The molecule has 540 valence electrons. The molecule has 0 aliphatic heterocycles. The zero-order valence-electron chi connectivity index (χ0n) is 63.1. The van der Waals surface area contributed by atoms with Crippen molar-refractivity contribution >= 4 is 55.7 Å². The maximum Gasteiger partial charge on any atom is 0.202 e. The van der Waals surface area contributed by atoms with Crippen molar-refractivity contribution in [2.75, 3.05) is 63.9 Å². The van der Waals surface area contributed by atoms with Gasteiger partial charge in [0.2, 0.25) is 17.3 Å². The highest BCUT2D eigenvalue weighted by Crippen LogP contribution is 2.44. The number of methoxy groups -OCH3 is 1. The number of thioether (sulfide) groups is 1. The number of aromatic amines is 3. The van der Waals surface area contributed by atoms with Crippen LogP contribution in [0.3, 0.4) is 0 Å². The molecule has 3 aromatic heterocycles. The molecule has 14 nitrogen and oxygen atoms in total. The quantitative estimate of drug-likeness (QED) is 0.0162. The minimum atomic E-state index is -2.94. The number of carbonyl (C=O) groups excluding carboxylic acids is 3. The van der Waals surface area contributed by atoms with E-state index in [4.69, 9.17) is 24.0 Å². The fraction of sp³-hybridized carbons (Fsp3) is 0.506. The number of allylic oxidation sites excluding steroid dienone is 6. The standard InChI is InChI=1S/C29H38N2O3S.C28H37N3O2.C28H37N3OS/c1-7-24-20-30-27(31-24)26(32)18-22-10-11-23(29(4,5)14-8-9-17-35(6,33)34)19-25(22)21-12-15-28(2,3)16-13-21;2*1-7-23-18-30-26(31-23)25(32)16-21-8-9-22(28(4,5)19-29-14-15-33-6)17-24(21)20-10-12-27(2,3)13-11-20/h1,10-12,19-20H,8-9,13-18H2,2-6H3,(H,30,31);2*1,8-10,17-18,29H,11-16,19H2,2-6H3,(H,30,31). The fourth-order valence-electron chi connectivity index (χ4n) is 13.1. The molecule has 0 unspecified atom stereocenters. The van der Waals surface area contributed by atoms with Gasteiger partial charge in [0.15, 0.2) is 17.5 Å². The van der Waals surface area contributed by atoms with Gasteiger partial charge in [0.05, 0.1) is 25.2 Å². The van der Waals surface area contributed by atoms with E-state index in [1.54, 1.807) is 7.11 Å². The van der Waals surface area contributed by atoms with Crippen LogP contribution in [0.15, 0.2) is 91.4 Å². The van der Waals surface area contributed by atoms with Crippen LogP contribution < -0.4 is 10.6 Å². The molecule has 3 aliphatic carbocycles. The molecule has 0 saturated heterocycles. The van der Waals surface area contributed by atoms with Gasteiger partial charge in [0.25, 0.3) is 0 Å². The number of aromatic nitrogens is 6. The smallest absolute Gasteiger partial charge is 0.202 e. The molecule has 0 spiro atoms. The van der Waals surface area contributed by atoms with E-state index in [0.717, 1.165) is 125 Å². The van der Waals surface area contributed by atoms with Crippen LogP contribution in [0.1, 0.15) is 259 Å². The first-order chi connectivity index (χ1) is 47.6. The van der Waals surface area contributed by atoms with Crippen LogP contribution in [0.5, 0.6) is 0 Å². The third-order valence-electron chi connectivity index (χ3n) is 20.3. The van der Waals surface area contributed by atoms with E-state index in [0.29, 0.717) is 65.4 Å². The van der Waals surface area contributed by atoms with Crippen molar-refractivity contribution in [1.29, 1.82) is 0 Å². The Labute approximate surface area is 609 Å². The van der Waals surface area contributed by atoms with Crippen LogP contribution in [-0.2, 0) is 50.1 Å². The number of rotatable bonds is 30. The second-order valence-electron chi connectivity index (χ2n) is 32.2. The van der Waals surface area contributed by atoms with Crippen LogP contribution in [-0.4, -0.2) is 120 Å². The van der Waals surface area contributed by atoms with Gasteiger partial charge in [-0.05, 0) is 165 Å². The van der Waals surface area contributed by atoms with Gasteiger partial charge in [0.1, 0.15) is 26.9 Å². The number of H-pyrrole nitrogens is 3. The van der Waals surface area contributed by atoms with Gasteiger partial charge >= 0.3 is 0 Å². The number of hydrogen-bond acceptors (Lipinski definition) is 12. The number of benzene rings is 3. The molecule has 3 aliphatic rings. The summed E-state index contributed by atoms with van der Waals surface area (Å²) in [4.78, 5) is 60.2. The summed E-state index contributed by atoms with van der Waals surface area (Å²) in [6.07, 6.45) is 44.1.